The minimum atomic E-state index is -3.42. The number of hydrazine groups is 1. The van der Waals surface area contributed by atoms with Crippen LogP contribution in [0, 0.1) is 0 Å². The van der Waals surface area contributed by atoms with E-state index in [2.05, 4.69) is 15.6 Å². The summed E-state index contributed by atoms with van der Waals surface area (Å²) < 4.78 is 26.2. The SMILES string of the molecule is CC1CC(NS(=O)(=O)/C=C/c2ccccc2)NN1. The maximum absolute atomic E-state index is 11.8. The first-order valence-electron chi connectivity index (χ1n) is 5.82. The zero-order valence-corrected chi connectivity index (χ0v) is 10.9. The molecule has 0 spiro atoms. The molecule has 0 bridgehead atoms. The normalized spacial score (nSPS) is 24.7. The van der Waals surface area contributed by atoms with Gasteiger partial charge in [-0.05, 0) is 25.0 Å². The van der Waals surface area contributed by atoms with Crippen molar-refractivity contribution in [2.75, 3.05) is 0 Å². The van der Waals surface area contributed by atoms with E-state index in [0.717, 1.165) is 12.0 Å². The molecule has 1 saturated heterocycles. The van der Waals surface area contributed by atoms with E-state index < -0.39 is 10.0 Å². The zero-order chi connectivity index (χ0) is 13.0. The predicted octanol–water partition coefficient (Wildman–Crippen LogP) is 0.789. The molecule has 1 aromatic rings. The Morgan fingerprint density at radius 3 is 2.61 bits per heavy atom. The van der Waals surface area contributed by atoms with E-state index in [1.165, 1.54) is 5.41 Å². The van der Waals surface area contributed by atoms with E-state index in [-0.39, 0.29) is 12.2 Å². The Labute approximate surface area is 107 Å². The summed E-state index contributed by atoms with van der Waals surface area (Å²) in [4.78, 5) is 0. The molecule has 2 atom stereocenters. The van der Waals surface area contributed by atoms with E-state index in [1.807, 2.05) is 37.3 Å². The van der Waals surface area contributed by atoms with E-state index in [9.17, 15) is 8.42 Å². The van der Waals surface area contributed by atoms with Crippen molar-refractivity contribution in [2.45, 2.75) is 25.6 Å². The van der Waals surface area contributed by atoms with Gasteiger partial charge < -0.3 is 0 Å². The van der Waals surface area contributed by atoms with Gasteiger partial charge >= 0.3 is 0 Å². The van der Waals surface area contributed by atoms with E-state index in [4.69, 9.17) is 0 Å². The van der Waals surface area contributed by atoms with Crippen LogP contribution in [0.4, 0.5) is 0 Å². The van der Waals surface area contributed by atoms with E-state index in [1.54, 1.807) is 6.08 Å². The van der Waals surface area contributed by atoms with Crippen molar-refractivity contribution >= 4 is 16.1 Å². The fraction of sp³-hybridized carbons (Fsp3) is 0.333. The van der Waals surface area contributed by atoms with Crippen molar-refractivity contribution in [3.05, 3.63) is 41.3 Å². The summed E-state index contributed by atoms with van der Waals surface area (Å²) in [6, 6.07) is 9.58. The van der Waals surface area contributed by atoms with Gasteiger partial charge in [-0.1, -0.05) is 30.3 Å². The first-order valence-corrected chi connectivity index (χ1v) is 7.36. The van der Waals surface area contributed by atoms with Gasteiger partial charge in [0.2, 0.25) is 10.0 Å². The summed E-state index contributed by atoms with van der Waals surface area (Å²) in [6.45, 7) is 1.99. The maximum atomic E-state index is 11.8. The van der Waals surface area contributed by atoms with Gasteiger partial charge in [0.15, 0.2) is 0 Å². The Balaban J connectivity index is 1.97. The highest BCUT2D eigenvalue weighted by Gasteiger charge is 2.23. The molecule has 6 heteroatoms. The largest absolute Gasteiger partial charge is 0.253 e. The summed E-state index contributed by atoms with van der Waals surface area (Å²) in [5.74, 6) is 0. The average Bonchev–Trinajstić information content (AvgIpc) is 2.73. The van der Waals surface area contributed by atoms with Gasteiger partial charge in [-0.3, -0.25) is 5.43 Å². The highest BCUT2D eigenvalue weighted by molar-refractivity contribution is 7.92. The lowest BCUT2D eigenvalue weighted by Crippen LogP contribution is -2.43. The van der Waals surface area contributed by atoms with Crippen molar-refractivity contribution in [3.8, 4) is 0 Å². The molecule has 1 aliphatic rings. The molecule has 2 rings (SSSR count). The number of hydrogen-bond acceptors (Lipinski definition) is 4. The summed E-state index contributed by atoms with van der Waals surface area (Å²) in [6.07, 6.45) is 2.04. The fourth-order valence-corrected chi connectivity index (χ4v) is 2.73. The third-order valence-corrected chi connectivity index (χ3v) is 3.75. The third kappa shape index (κ3) is 3.92. The lowest BCUT2D eigenvalue weighted by molar-refractivity contribution is 0.510. The molecular formula is C12H17N3O2S. The molecule has 1 fully saturated rings. The molecule has 1 heterocycles. The number of nitrogens with one attached hydrogen (secondary N) is 3. The van der Waals surface area contributed by atoms with Crippen LogP contribution in [0.15, 0.2) is 35.7 Å². The van der Waals surface area contributed by atoms with E-state index in [0.29, 0.717) is 0 Å². The quantitative estimate of drug-likeness (QED) is 0.754. The van der Waals surface area contributed by atoms with Crippen molar-refractivity contribution in [1.82, 2.24) is 15.6 Å². The Hall–Kier alpha value is -1.21. The molecule has 0 amide bonds. The number of benzene rings is 1. The Morgan fingerprint density at radius 2 is 2.00 bits per heavy atom. The lowest BCUT2D eigenvalue weighted by atomic mass is 10.2. The minimum Gasteiger partial charge on any atom is -0.253 e. The van der Waals surface area contributed by atoms with Crippen molar-refractivity contribution < 1.29 is 8.42 Å². The first-order chi connectivity index (χ1) is 8.55. The molecule has 18 heavy (non-hydrogen) atoms. The standard InChI is InChI=1S/C12H17N3O2S/c1-10-9-12(14-13-10)15-18(16,17)8-7-11-5-3-2-4-6-11/h2-8,10,12-15H,9H2,1H3/b8-7+. The molecule has 0 aromatic heterocycles. The Bertz CT molecular complexity index is 513. The predicted molar refractivity (Wildman–Crippen MR) is 71.7 cm³/mol. The second-order valence-electron chi connectivity index (χ2n) is 4.35. The topological polar surface area (TPSA) is 70.2 Å². The first kappa shape index (κ1) is 13.2. The smallest absolute Gasteiger partial charge is 0.235 e. The highest BCUT2D eigenvalue weighted by Crippen LogP contribution is 2.06. The summed E-state index contributed by atoms with van der Waals surface area (Å²) in [7, 11) is -3.42. The van der Waals surface area contributed by atoms with Gasteiger partial charge in [0, 0.05) is 11.4 Å². The molecule has 1 aliphatic heterocycles. The summed E-state index contributed by atoms with van der Waals surface area (Å²) >= 11 is 0. The molecule has 98 valence electrons. The van der Waals surface area contributed by atoms with Gasteiger partial charge in [0.25, 0.3) is 0 Å². The van der Waals surface area contributed by atoms with Crippen LogP contribution < -0.4 is 15.6 Å². The molecule has 2 unspecified atom stereocenters. The number of hydrogen-bond donors (Lipinski definition) is 3. The van der Waals surface area contributed by atoms with Crippen molar-refractivity contribution in [2.24, 2.45) is 0 Å². The molecule has 5 nitrogen and oxygen atoms in total. The average molecular weight is 267 g/mol. The summed E-state index contributed by atoms with van der Waals surface area (Å²) in [5.41, 5.74) is 6.71. The van der Waals surface area contributed by atoms with Crippen LogP contribution in [-0.2, 0) is 10.0 Å². The second kappa shape index (κ2) is 5.62. The van der Waals surface area contributed by atoms with Gasteiger partial charge in [0.1, 0.15) is 0 Å². The van der Waals surface area contributed by atoms with Crippen LogP contribution in [0.3, 0.4) is 0 Å². The monoisotopic (exact) mass is 267 g/mol. The molecule has 0 saturated carbocycles. The molecular weight excluding hydrogens is 250 g/mol. The number of sulfonamides is 1. The molecule has 0 aliphatic carbocycles. The lowest BCUT2D eigenvalue weighted by Gasteiger charge is -2.09. The van der Waals surface area contributed by atoms with Gasteiger partial charge in [-0.25, -0.2) is 13.8 Å². The second-order valence-corrected chi connectivity index (χ2v) is 5.95. The fourth-order valence-electron chi connectivity index (χ4n) is 1.76. The van der Waals surface area contributed by atoms with Crippen molar-refractivity contribution in [3.63, 3.8) is 0 Å². The zero-order valence-electron chi connectivity index (χ0n) is 10.1. The highest BCUT2D eigenvalue weighted by atomic mass is 32.2. The third-order valence-electron chi connectivity index (χ3n) is 2.64. The van der Waals surface area contributed by atoms with Crippen LogP contribution in [0.5, 0.6) is 0 Å². The van der Waals surface area contributed by atoms with E-state index >= 15 is 0 Å². The van der Waals surface area contributed by atoms with Crippen LogP contribution in [0.1, 0.15) is 18.9 Å². The van der Waals surface area contributed by atoms with Gasteiger partial charge in [-0.15, -0.1) is 0 Å². The van der Waals surface area contributed by atoms with Crippen LogP contribution in [0.2, 0.25) is 0 Å². The van der Waals surface area contributed by atoms with Crippen LogP contribution in [-0.4, -0.2) is 20.6 Å². The Kier molecular flexibility index (Phi) is 4.13. The summed E-state index contributed by atoms with van der Waals surface area (Å²) in [5, 5.41) is 1.19. The van der Waals surface area contributed by atoms with Gasteiger partial charge in [-0.2, -0.15) is 4.72 Å². The molecule has 1 aromatic carbocycles. The molecule has 3 N–H and O–H groups in total. The molecule has 0 radical (unpaired) electrons. The van der Waals surface area contributed by atoms with Gasteiger partial charge in [0.05, 0.1) is 6.17 Å². The van der Waals surface area contributed by atoms with Crippen molar-refractivity contribution in [1.29, 1.82) is 0 Å². The van der Waals surface area contributed by atoms with Crippen LogP contribution >= 0.6 is 0 Å². The number of rotatable bonds is 4. The van der Waals surface area contributed by atoms with Crippen LogP contribution in [0.25, 0.3) is 6.08 Å². The minimum absolute atomic E-state index is 0.259. The maximum Gasteiger partial charge on any atom is 0.235 e. The Morgan fingerprint density at radius 1 is 1.28 bits per heavy atom.